The molecule has 2 aromatic rings. The SMILES string of the molecule is CCOc1ccc([C@H]2/C(=C(\O)c3ccc(C)cc3)C(=O)C(=O)N2CCOC)cc1OC. The minimum absolute atomic E-state index is 0.0381. The Labute approximate surface area is 181 Å². The maximum atomic E-state index is 13.0. The summed E-state index contributed by atoms with van der Waals surface area (Å²) in [5.41, 5.74) is 2.16. The molecule has 1 amide bonds. The fraction of sp³-hybridized carbons (Fsp3) is 0.333. The van der Waals surface area contributed by atoms with E-state index < -0.39 is 17.7 Å². The van der Waals surface area contributed by atoms with E-state index in [9.17, 15) is 14.7 Å². The van der Waals surface area contributed by atoms with Gasteiger partial charge in [-0.15, -0.1) is 0 Å². The van der Waals surface area contributed by atoms with E-state index in [0.717, 1.165) is 5.56 Å². The Morgan fingerprint density at radius 1 is 1.06 bits per heavy atom. The highest BCUT2D eigenvalue weighted by atomic mass is 16.5. The van der Waals surface area contributed by atoms with Crippen molar-refractivity contribution in [3.63, 3.8) is 0 Å². The highest BCUT2D eigenvalue weighted by Gasteiger charge is 2.46. The van der Waals surface area contributed by atoms with Crippen LogP contribution in [-0.2, 0) is 14.3 Å². The van der Waals surface area contributed by atoms with Gasteiger partial charge in [-0.05, 0) is 31.5 Å². The lowest BCUT2D eigenvalue weighted by atomic mass is 9.94. The third kappa shape index (κ3) is 4.41. The van der Waals surface area contributed by atoms with Gasteiger partial charge in [-0.2, -0.15) is 0 Å². The molecule has 1 N–H and O–H groups in total. The summed E-state index contributed by atoms with van der Waals surface area (Å²) in [6.45, 7) is 4.72. The van der Waals surface area contributed by atoms with Crippen LogP contribution >= 0.6 is 0 Å². The molecule has 164 valence electrons. The molecule has 0 bridgehead atoms. The number of aliphatic hydroxyl groups excluding tert-OH is 1. The van der Waals surface area contributed by atoms with Gasteiger partial charge in [-0.3, -0.25) is 9.59 Å². The van der Waals surface area contributed by atoms with E-state index in [-0.39, 0.29) is 24.5 Å². The second-order valence-electron chi connectivity index (χ2n) is 7.19. The van der Waals surface area contributed by atoms with E-state index >= 15 is 0 Å². The molecule has 1 atom stereocenters. The van der Waals surface area contributed by atoms with Crippen LogP contribution in [0.2, 0.25) is 0 Å². The van der Waals surface area contributed by atoms with Crippen molar-refractivity contribution in [2.75, 3.05) is 34.0 Å². The average molecular weight is 425 g/mol. The second-order valence-corrected chi connectivity index (χ2v) is 7.19. The van der Waals surface area contributed by atoms with Crippen LogP contribution in [0.1, 0.15) is 29.7 Å². The Morgan fingerprint density at radius 3 is 2.39 bits per heavy atom. The number of amides is 1. The summed E-state index contributed by atoms with van der Waals surface area (Å²) in [5, 5.41) is 11.0. The van der Waals surface area contributed by atoms with Crippen LogP contribution in [0.5, 0.6) is 11.5 Å². The molecule has 0 aromatic heterocycles. The number of rotatable bonds is 8. The van der Waals surface area contributed by atoms with Gasteiger partial charge >= 0.3 is 0 Å². The zero-order valence-corrected chi connectivity index (χ0v) is 18.2. The van der Waals surface area contributed by atoms with Crippen LogP contribution in [0.3, 0.4) is 0 Å². The number of ketones is 1. The Kier molecular flexibility index (Phi) is 6.97. The van der Waals surface area contributed by atoms with Gasteiger partial charge in [-0.1, -0.05) is 35.9 Å². The average Bonchev–Trinajstić information content (AvgIpc) is 3.03. The molecule has 1 aliphatic rings. The molecule has 1 aliphatic heterocycles. The van der Waals surface area contributed by atoms with Crippen LogP contribution in [0.25, 0.3) is 5.76 Å². The Morgan fingerprint density at radius 2 is 1.77 bits per heavy atom. The van der Waals surface area contributed by atoms with Crippen molar-refractivity contribution in [2.45, 2.75) is 19.9 Å². The van der Waals surface area contributed by atoms with Crippen molar-refractivity contribution in [1.82, 2.24) is 4.90 Å². The van der Waals surface area contributed by atoms with Gasteiger partial charge in [-0.25, -0.2) is 0 Å². The van der Waals surface area contributed by atoms with Gasteiger partial charge in [0, 0.05) is 19.2 Å². The predicted molar refractivity (Wildman–Crippen MR) is 116 cm³/mol. The maximum Gasteiger partial charge on any atom is 0.295 e. The summed E-state index contributed by atoms with van der Waals surface area (Å²) in [6, 6.07) is 11.6. The first-order chi connectivity index (χ1) is 14.9. The maximum absolute atomic E-state index is 13.0. The van der Waals surface area contributed by atoms with Crippen LogP contribution in [-0.4, -0.2) is 55.7 Å². The molecule has 7 heteroatoms. The molecule has 31 heavy (non-hydrogen) atoms. The number of aryl methyl sites for hydroxylation is 1. The first kappa shape index (κ1) is 22.4. The summed E-state index contributed by atoms with van der Waals surface area (Å²) in [7, 11) is 3.05. The highest BCUT2D eigenvalue weighted by molar-refractivity contribution is 6.46. The van der Waals surface area contributed by atoms with Crippen molar-refractivity contribution in [3.05, 3.63) is 64.7 Å². The third-order valence-electron chi connectivity index (χ3n) is 5.20. The number of carbonyl (C=O) groups excluding carboxylic acids is 2. The lowest BCUT2D eigenvalue weighted by Gasteiger charge is -2.25. The van der Waals surface area contributed by atoms with E-state index in [1.54, 1.807) is 30.3 Å². The van der Waals surface area contributed by atoms with Crippen molar-refractivity contribution in [2.24, 2.45) is 0 Å². The van der Waals surface area contributed by atoms with E-state index in [0.29, 0.717) is 29.2 Å². The number of likely N-dealkylation sites (tertiary alicyclic amines) is 1. The number of methoxy groups -OCH3 is 2. The molecule has 0 aliphatic carbocycles. The smallest absolute Gasteiger partial charge is 0.295 e. The number of ether oxygens (including phenoxy) is 3. The minimum Gasteiger partial charge on any atom is -0.507 e. The van der Waals surface area contributed by atoms with Gasteiger partial charge in [0.2, 0.25) is 0 Å². The number of hydrogen-bond donors (Lipinski definition) is 1. The number of carbonyl (C=O) groups is 2. The Bertz CT molecular complexity index is 996. The van der Waals surface area contributed by atoms with Gasteiger partial charge in [0.05, 0.1) is 31.9 Å². The first-order valence-electron chi connectivity index (χ1n) is 10.1. The minimum atomic E-state index is -0.777. The first-order valence-corrected chi connectivity index (χ1v) is 10.1. The van der Waals surface area contributed by atoms with Crippen molar-refractivity contribution < 1.29 is 28.9 Å². The molecule has 0 spiro atoms. The topological polar surface area (TPSA) is 85.3 Å². The Balaban J connectivity index is 2.17. The van der Waals surface area contributed by atoms with E-state index in [4.69, 9.17) is 14.2 Å². The molecular formula is C24H27NO6. The number of Topliss-reactive ketones (excluding diaryl/α,β-unsaturated/α-hetero) is 1. The van der Waals surface area contributed by atoms with Crippen LogP contribution in [0.4, 0.5) is 0 Å². The van der Waals surface area contributed by atoms with Gasteiger partial charge in [0.1, 0.15) is 5.76 Å². The molecule has 1 heterocycles. The lowest BCUT2D eigenvalue weighted by molar-refractivity contribution is -0.140. The summed E-state index contributed by atoms with van der Waals surface area (Å²) in [4.78, 5) is 27.2. The van der Waals surface area contributed by atoms with Crippen molar-refractivity contribution in [3.8, 4) is 11.5 Å². The van der Waals surface area contributed by atoms with Crippen molar-refractivity contribution >= 4 is 17.4 Å². The fourth-order valence-electron chi connectivity index (χ4n) is 3.64. The second kappa shape index (κ2) is 9.66. The molecule has 3 rings (SSSR count). The summed E-state index contributed by atoms with van der Waals surface area (Å²) in [6.07, 6.45) is 0. The number of nitrogens with zero attached hydrogens (tertiary/aromatic N) is 1. The molecule has 0 unspecified atom stereocenters. The standard InChI is InChI=1S/C24H27NO6/c1-5-31-18-11-10-17(14-19(18)30-4)21-20(22(26)16-8-6-15(2)7-9-16)23(27)24(28)25(21)12-13-29-3/h6-11,14,21,26H,5,12-13H2,1-4H3/b22-20+/t21-/m0/s1. The molecule has 1 saturated heterocycles. The van der Waals surface area contributed by atoms with Crippen LogP contribution < -0.4 is 9.47 Å². The predicted octanol–water partition coefficient (Wildman–Crippen LogP) is 3.47. The van der Waals surface area contributed by atoms with E-state index in [1.165, 1.54) is 19.1 Å². The lowest BCUT2D eigenvalue weighted by Crippen LogP contribution is -2.32. The summed E-state index contributed by atoms with van der Waals surface area (Å²) < 4.78 is 16.2. The number of aliphatic hydroxyl groups is 1. The molecule has 0 radical (unpaired) electrons. The molecular weight excluding hydrogens is 398 g/mol. The summed E-state index contributed by atoms with van der Waals surface area (Å²) in [5.74, 6) is -0.583. The number of benzene rings is 2. The zero-order valence-electron chi connectivity index (χ0n) is 18.2. The zero-order chi connectivity index (χ0) is 22.5. The van der Waals surface area contributed by atoms with Crippen LogP contribution in [0, 0.1) is 6.92 Å². The number of hydrogen-bond acceptors (Lipinski definition) is 6. The van der Waals surface area contributed by atoms with Gasteiger partial charge in [0.25, 0.3) is 11.7 Å². The monoisotopic (exact) mass is 425 g/mol. The third-order valence-corrected chi connectivity index (χ3v) is 5.20. The van der Waals surface area contributed by atoms with E-state index in [1.807, 2.05) is 26.0 Å². The van der Waals surface area contributed by atoms with Gasteiger partial charge in [0.15, 0.2) is 11.5 Å². The summed E-state index contributed by atoms with van der Waals surface area (Å²) >= 11 is 0. The van der Waals surface area contributed by atoms with Crippen molar-refractivity contribution in [1.29, 1.82) is 0 Å². The molecule has 7 nitrogen and oxygen atoms in total. The Hall–Kier alpha value is -3.32. The molecule has 2 aromatic carbocycles. The highest BCUT2D eigenvalue weighted by Crippen LogP contribution is 2.41. The fourth-order valence-corrected chi connectivity index (χ4v) is 3.64. The quantitative estimate of drug-likeness (QED) is 0.396. The van der Waals surface area contributed by atoms with Gasteiger partial charge < -0.3 is 24.2 Å². The molecule has 1 fully saturated rings. The largest absolute Gasteiger partial charge is 0.507 e. The van der Waals surface area contributed by atoms with Crippen LogP contribution in [0.15, 0.2) is 48.0 Å². The van der Waals surface area contributed by atoms with E-state index in [2.05, 4.69) is 0 Å². The normalized spacial score (nSPS) is 17.8. The molecule has 0 saturated carbocycles.